The number of halogens is 2. The van der Waals surface area contributed by atoms with Crippen LogP contribution in [0.5, 0.6) is 0 Å². The third kappa shape index (κ3) is 4.45. The molecule has 0 aromatic heterocycles. The van der Waals surface area contributed by atoms with Gasteiger partial charge < -0.3 is 0 Å². The van der Waals surface area contributed by atoms with E-state index in [9.17, 15) is 4.79 Å². The van der Waals surface area contributed by atoms with Crippen LogP contribution in [0, 0.1) is 0 Å². The van der Waals surface area contributed by atoms with Crippen molar-refractivity contribution in [2.24, 2.45) is 0 Å². The maximum atomic E-state index is 10.9. The zero-order valence-corrected chi connectivity index (χ0v) is 9.44. The fourth-order valence-corrected chi connectivity index (χ4v) is 1.01. The normalized spacial score (nSPS) is 9.86. The molecule has 0 bridgehead atoms. The van der Waals surface area contributed by atoms with Gasteiger partial charge in [0.1, 0.15) is 0 Å². The zero-order valence-electron chi connectivity index (χ0n) is 7.87. The van der Waals surface area contributed by atoms with Gasteiger partial charge in [-0.25, -0.2) is 0 Å². The first-order valence-corrected chi connectivity index (χ1v) is 4.56. The molecule has 0 saturated heterocycles. The molecule has 0 radical (unpaired) electrons. The van der Waals surface area contributed by atoms with Gasteiger partial charge in [-0.15, -0.1) is 12.4 Å². The molecular weight excluding hydrogens is 219 g/mol. The topological polar surface area (TPSA) is 17.1 Å². The SMILES string of the molecule is CCC(=O)C=Cc1ccc(Cl)cc1.Cl. The van der Waals surface area contributed by atoms with E-state index in [0.717, 1.165) is 5.56 Å². The van der Waals surface area contributed by atoms with Gasteiger partial charge >= 0.3 is 0 Å². The van der Waals surface area contributed by atoms with Crippen LogP contribution < -0.4 is 0 Å². The molecule has 76 valence electrons. The fourth-order valence-electron chi connectivity index (χ4n) is 0.881. The highest BCUT2D eigenvalue weighted by Crippen LogP contribution is 2.10. The molecule has 0 atom stereocenters. The molecule has 0 fully saturated rings. The zero-order chi connectivity index (χ0) is 9.68. The van der Waals surface area contributed by atoms with Gasteiger partial charge in [-0.3, -0.25) is 4.79 Å². The lowest BCUT2D eigenvalue weighted by atomic mass is 10.2. The second kappa shape index (κ2) is 6.63. The maximum Gasteiger partial charge on any atom is 0.155 e. The molecule has 0 N–H and O–H groups in total. The van der Waals surface area contributed by atoms with Crippen LogP contribution in [0.25, 0.3) is 6.08 Å². The average Bonchev–Trinajstić information content (AvgIpc) is 2.16. The standard InChI is InChI=1S/C11H11ClO.ClH/c1-2-11(13)8-5-9-3-6-10(12)7-4-9;/h3-8H,2H2,1H3;1H. The molecular formula is C11H12Cl2O. The van der Waals surface area contributed by atoms with Crippen molar-refractivity contribution in [1.82, 2.24) is 0 Å². The summed E-state index contributed by atoms with van der Waals surface area (Å²) in [5.74, 6) is 0.134. The highest BCUT2D eigenvalue weighted by atomic mass is 35.5. The first-order valence-electron chi connectivity index (χ1n) is 4.19. The molecule has 3 heteroatoms. The fraction of sp³-hybridized carbons (Fsp3) is 0.182. The largest absolute Gasteiger partial charge is 0.295 e. The first kappa shape index (κ1) is 13.2. The molecule has 0 aliphatic rings. The van der Waals surface area contributed by atoms with E-state index in [1.807, 2.05) is 19.1 Å². The predicted octanol–water partition coefficient (Wildman–Crippen LogP) is 3.75. The van der Waals surface area contributed by atoms with Crippen LogP contribution in [0.3, 0.4) is 0 Å². The van der Waals surface area contributed by atoms with E-state index in [0.29, 0.717) is 11.4 Å². The Kier molecular flexibility index (Phi) is 6.26. The summed E-state index contributed by atoms with van der Waals surface area (Å²) < 4.78 is 0. The van der Waals surface area contributed by atoms with Crippen molar-refractivity contribution < 1.29 is 4.79 Å². The lowest BCUT2D eigenvalue weighted by Gasteiger charge is -1.92. The number of ketones is 1. The quantitative estimate of drug-likeness (QED) is 0.724. The van der Waals surface area contributed by atoms with Gasteiger partial charge in [0.05, 0.1) is 0 Å². The van der Waals surface area contributed by atoms with E-state index < -0.39 is 0 Å². The molecule has 0 heterocycles. The van der Waals surface area contributed by atoms with Crippen LogP contribution in [0.2, 0.25) is 5.02 Å². The summed E-state index contributed by atoms with van der Waals surface area (Å²) in [5, 5.41) is 0.707. The number of carbonyl (C=O) groups is 1. The van der Waals surface area contributed by atoms with Gasteiger partial charge in [0.25, 0.3) is 0 Å². The number of carbonyl (C=O) groups excluding carboxylic acids is 1. The van der Waals surface area contributed by atoms with Crippen molar-refractivity contribution in [1.29, 1.82) is 0 Å². The predicted molar refractivity (Wildman–Crippen MR) is 63.0 cm³/mol. The van der Waals surface area contributed by atoms with Crippen LogP contribution in [-0.4, -0.2) is 5.78 Å². The molecule has 1 aromatic carbocycles. The Bertz CT molecular complexity index is 315. The van der Waals surface area contributed by atoms with Crippen LogP contribution >= 0.6 is 24.0 Å². The Balaban J connectivity index is 0.00000169. The Morgan fingerprint density at radius 3 is 2.43 bits per heavy atom. The molecule has 0 spiro atoms. The van der Waals surface area contributed by atoms with Crippen molar-refractivity contribution in [3.63, 3.8) is 0 Å². The van der Waals surface area contributed by atoms with E-state index in [1.165, 1.54) is 0 Å². The molecule has 1 rings (SSSR count). The number of benzene rings is 1. The molecule has 14 heavy (non-hydrogen) atoms. The van der Waals surface area contributed by atoms with Crippen LogP contribution in [0.4, 0.5) is 0 Å². The Hall–Kier alpha value is -0.790. The summed E-state index contributed by atoms with van der Waals surface area (Å²) in [7, 11) is 0. The van der Waals surface area contributed by atoms with Gasteiger partial charge in [0.2, 0.25) is 0 Å². The van der Waals surface area contributed by atoms with Gasteiger partial charge in [-0.1, -0.05) is 36.7 Å². The highest BCUT2D eigenvalue weighted by molar-refractivity contribution is 6.30. The number of hydrogen-bond donors (Lipinski definition) is 0. The van der Waals surface area contributed by atoms with E-state index in [1.54, 1.807) is 24.3 Å². The number of hydrogen-bond acceptors (Lipinski definition) is 1. The Morgan fingerprint density at radius 2 is 1.93 bits per heavy atom. The Labute approximate surface area is 95.2 Å². The number of rotatable bonds is 3. The van der Waals surface area contributed by atoms with E-state index >= 15 is 0 Å². The summed E-state index contributed by atoms with van der Waals surface area (Å²) >= 11 is 5.71. The monoisotopic (exact) mass is 230 g/mol. The van der Waals surface area contributed by atoms with Crippen molar-refractivity contribution >= 4 is 35.9 Å². The second-order valence-corrected chi connectivity index (χ2v) is 3.14. The Morgan fingerprint density at radius 1 is 1.36 bits per heavy atom. The second-order valence-electron chi connectivity index (χ2n) is 2.70. The summed E-state index contributed by atoms with van der Waals surface area (Å²) in [6.07, 6.45) is 3.93. The van der Waals surface area contributed by atoms with Gasteiger partial charge in [0.15, 0.2) is 5.78 Å². The summed E-state index contributed by atoms with van der Waals surface area (Å²) in [4.78, 5) is 10.9. The molecule has 0 amide bonds. The van der Waals surface area contributed by atoms with Crippen LogP contribution in [0.15, 0.2) is 30.3 Å². The highest BCUT2D eigenvalue weighted by Gasteiger charge is 1.90. The molecule has 0 unspecified atom stereocenters. The molecule has 1 nitrogen and oxygen atoms in total. The summed E-state index contributed by atoms with van der Waals surface area (Å²) in [6.45, 7) is 1.84. The van der Waals surface area contributed by atoms with Crippen molar-refractivity contribution in [2.75, 3.05) is 0 Å². The van der Waals surface area contributed by atoms with Crippen molar-refractivity contribution in [3.8, 4) is 0 Å². The lowest BCUT2D eigenvalue weighted by molar-refractivity contribution is -0.114. The molecule has 0 saturated carbocycles. The van der Waals surface area contributed by atoms with E-state index in [-0.39, 0.29) is 18.2 Å². The maximum absolute atomic E-state index is 10.9. The third-order valence-electron chi connectivity index (χ3n) is 1.68. The van der Waals surface area contributed by atoms with Gasteiger partial charge in [-0.2, -0.15) is 0 Å². The van der Waals surface area contributed by atoms with Crippen LogP contribution in [-0.2, 0) is 4.79 Å². The first-order chi connectivity index (χ1) is 6.22. The minimum absolute atomic E-state index is 0. The van der Waals surface area contributed by atoms with Crippen molar-refractivity contribution in [2.45, 2.75) is 13.3 Å². The smallest absolute Gasteiger partial charge is 0.155 e. The third-order valence-corrected chi connectivity index (χ3v) is 1.93. The summed E-state index contributed by atoms with van der Waals surface area (Å²) in [5.41, 5.74) is 0.992. The van der Waals surface area contributed by atoms with Crippen LogP contribution in [0.1, 0.15) is 18.9 Å². The molecule has 1 aromatic rings. The number of allylic oxidation sites excluding steroid dienone is 1. The van der Waals surface area contributed by atoms with Gasteiger partial charge in [-0.05, 0) is 23.8 Å². The average molecular weight is 231 g/mol. The van der Waals surface area contributed by atoms with E-state index in [2.05, 4.69) is 0 Å². The summed E-state index contributed by atoms with van der Waals surface area (Å²) in [6, 6.07) is 7.36. The van der Waals surface area contributed by atoms with Crippen molar-refractivity contribution in [3.05, 3.63) is 40.9 Å². The van der Waals surface area contributed by atoms with Gasteiger partial charge in [0, 0.05) is 11.4 Å². The molecule has 0 aliphatic heterocycles. The minimum Gasteiger partial charge on any atom is -0.295 e. The lowest BCUT2D eigenvalue weighted by Crippen LogP contribution is -1.86. The molecule has 0 aliphatic carbocycles. The minimum atomic E-state index is 0. The van der Waals surface area contributed by atoms with E-state index in [4.69, 9.17) is 11.6 Å².